The molecule has 2 N–H and O–H groups in total. The van der Waals surface area contributed by atoms with Crippen LogP contribution in [0.25, 0.3) is 0 Å². The summed E-state index contributed by atoms with van der Waals surface area (Å²) in [6.07, 6.45) is 3.20. The summed E-state index contributed by atoms with van der Waals surface area (Å²) in [6, 6.07) is 10.8. The smallest absolute Gasteiger partial charge is 0.223 e. The molecule has 18 heavy (non-hydrogen) atoms. The van der Waals surface area contributed by atoms with Crippen molar-refractivity contribution in [1.29, 1.82) is 0 Å². The highest BCUT2D eigenvalue weighted by Crippen LogP contribution is 2.28. The van der Waals surface area contributed by atoms with Crippen molar-refractivity contribution in [2.75, 3.05) is 13.1 Å². The summed E-state index contributed by atoms with van der Waals surface area (Å²) in [4.78, 5) is 11.5. The zero-order valence-corrected chi connectivity index (χ0v) is 11.0. The Labute approximate surface area is 109 Å². The zero-order valence-electron chi connectivity index (χ0n) is 11.0. The summed E-state index contributed by atoms with van der Waals surface area (Å²) in [7, 11) is 0. The van der Waals surface area contributed by atoms with E-state index in [2.05, 4.69) is 41.8 Å². The average Bonchev–Trinajstić information content (AvgIpc) is 3.24. The van der Waals surface area contributed by atoms with E-state index in [4.69, 9.17) is 0 Å². The topological polar surface area (TPSA) is 41.1 Å². The number of carbonyl (C=O) groups excluding carboxylic acids is 1. The van der Waals surface area contributed by atoms with Crippen LogP contribution in [-0.2, 0) is 4.79 Å². The van der Waals surface area contributed by atoms with Gasteiger partial charge in [-0.05, 0) is 24.8 Å². The minimum Gasteiger partial charge on any atom is -0.355 e. The number of carbonyl (C=O) groups is 1. The molecule has 1 atom stereocenters. The normalized spacial score (nSPS) is 16.3. The Morgan fingerprint density at radius 1 is 1.28 bits per heavy atom. The van der Waals surface area contributed by atoms with Crippen LogP contribution in [0.1, 0.15) is 37.8 Å². The van der Waals surface area contributed by atoms with E-state index in [1.807, 2.05) is 6.07 Å². The summed E-state index contributed by atoms with van der Waals surface area (Å²) < 4.78 is 0. The molecule has 1 saturated carbocycles. The highest BCUT2D eigenvalue weighted by molar-refractivity contribution is 5.80. The van der Waals surface area contributed by atoms with Gasteiger partial charge in [0.2, 0.25) is 5.91 Å². The summed E-state index contributed by atoms with van der Waals surface area (Å²) in [5, 5.41) is 6.46. The molecule has 0 aromatic heterocycles. The van der Waals surface area contributed by atoms with E-state index in [-0.39, 0.29) is 5.91 Å². The van der Waals surface area contributed by atoms with Crippen LogP contribution in [-0.4, -0.2) is 19.0 Å². The second kappa shape index (κ2) is 6.55. The van der Waals surface area contributed by atoms with E-state index in [1.165, 1.54) is 5.56 Å². The van der Waals surface area contributed by atoms with Crippen molar-refractivity contribution >= 4 is 5.91 Å². The van der Waals surface area contributed by atoms with Crippen LogP contribution in [0.2, 0.25) is 0 Å². The largest absolute Gasteiger partial charge is 0.355 e. The van der Waals surface area contributed by atoms with Gasteiger partial charge in [0.15, 0.2) is 0 Å². The molecule has 1 aromatic rings. The molecule has 3 heteroatoms. The van der Waals surface area contributed by atoms with Gasteiger partial charge >= 0.3 is 0 Å². The summed E-state index contributed by atoms with van der Waals surface area (Å²) in [5.74, 6) is 0.533. The predicted octanol–water partition coefficient (Wildman–Crippen LogP) is 2.25. The van der Waals surface area contributed by atoms with Crippen LogP contribution in [0, 0.1) is 5.92 Å². The van der Waals surface area contributed by atoms with Crippen LogP contribution in [0.15, 0.2) is 30.3 Å². The Bertz CT molecular complexity index is 373. The number of hydrogen-bond donors (Lipinski definition) is 2. The van der Waals surface area contributed by atoms with Crippen LogP contribution in [0.4, 0.5) is 0 Å². The van der Waals surface area contributed by atoms with Crippen molar-refractivity contribution in [3.05, 3.63) is 35.9 Å². The Balaban J connectivity index is 1.69. The maximum atomic E-state index is 11.5. The van der Waals surface area contributed by atoms with Gasteiger partial charge in [-0.2, -0.15) is 0 Å². The lowest BCUT2D eigenvalue weighted by Gasteiger charge is -2.17. The van der Waals surface area contributed by atoms with Crippen LogP contribution >= 0.6 is 0 Å². The lowest BCUT2D eigenvalue weighted by atomic mass is 10.0. The molecule has 0 bridgehead atoms. The Morgan fingerprint density at radius 2 is 2.00 bits per heavy atom. The fourth-order valence-electron chi connectivity index (χ4n) is 2.11. The molecule has 1 aromatic carbocycles. The van der Waals surface area contributed by atoms with Gasteiger partial charge in [0.25, 0.3) is 0 Å². The van der Waals surface area contributed by atoms with Crippen molar-refractivity contribution in [2.24, 2.45) is 5.92 Å². The molecular weight excluding hydrogens is 224 g/mol. The van der Waals surface area contributed by atoms with E-state index < -0.39 is 0 Å². The molecular formula is C15H22N2O. The Hall–Kier alpha value is -1.35. The van der Waals surface area contributed by atoms with E-state index in [1.54, 1.807) is 0 Å². The lowest BCUT2D eigenvalue weighted by molar-refractivity contribution is -0.122. The van der Waals surface area contributed by atoms with Crippen molar-refractivity contribution in [3.8, 4) is 0 Å². The second-order valence-corrected chi connectivity index (χ2v) is 4.89. The van der Waals surface area contributed by atoms with Crippen molar-refractivity contribution in [3.63, 3.8) is 0 Å². The summed E-state index contributed by atoms with van der Waals surface area (Å²) in [5.41, 5.74) is 1.31. The highest BCUT2D eigenvalue weighted by atomic mass is 16.2. The van der Waals surface area contributed by atoms with E-state index in [0.29, 0.717) is 12.0 Å². The predicted molar refractivity (Wildman–Crippen MR) is 73.2 cm³/mol. The standard InChI is InChI=1S/C15H22N2O/c1-2-14(12-6-4-3-5-7-12)16-10-11-17-15(18)13-8-9-13/h3-7,13-14,16H,2,8-11H2,1H3,(H,17,18). The molecule has 1 unspecified atom stereocenters. The Kier molecular flexibility index (Phi) is 4.76. The van der Waals surface area contributed by atoms with Crippen molar-refractivity contribution < 1.29 is 4.79 Å². The fraction of sp³-hybridized carbons (Fsp3) is 0.533. The Morgan fingerprint density at radius 3 is 2.61 bits per heavy atom. The first-order valence-corrected chi connectivity index (χ1v) is 6.87. The molecule has 0 spiro atoms. The van der Waals surface area contributed by atoms with Gasteiger partial charge in [0.05, 0.1) is 0 Å². The first-order chi connectivity index (χ1) is 8.81. The van der Waals surface area contributed by atoms with Gasteiger partial charge in [-0.25, -0.2) is 0 Å². The van der Waals surface area contributed by atoms with E-state index in [0.717, 1.165) is 32.4 Å². The van der Waals surface area contributed by atoms with Gasteiger partial charge in [-0.1, -0.05) is 37.3 Å². The zero-order chi connectivity index (χ0) is 12.8. The van der Waals surface area contributed by atoms with Crippen molar-refractivity contribution in [2.45, 2.75) is 32.2 Å². The number of benzene rings is 1. The third-order valence-electron chi connectivity index (χ3n) is 3.37. The molecule has 0 aliphatic heterocycles. The molecule has 1 aliphatic carbocycles. The number of amides is 1. The number of nitrogens with one attached hydrogen (secondary N) is 2. The molecule has 1 aliphatic rings. The molecule has 0 radical (unpaired) electrons. The van der Waals surface area contributed by atoms with E-state index >= 15 is 0 Å². The average molecular weight is 246 g/mol. The second-order valence-electron chi connectivity index (χ2n) is 4.89. The molecule has 0 heterocycles. The molecule has 1 fully saturated rings. The quantitative estimate of drug-likeness (QED) is 0.725. The van der Waals surface area contributed by atoms with Gasteiger partial charge in [0, 0.05) is 25.0 Å². The fourth-order valence-corrected chi connectivity index (χ4v) is 2.11. The maximum Gasteiger partial charge on any atom is 0.223 e. The minimum absolute atomic E-state index is 0.226. The third-order valence-corrected chi connectivity index (χ3v) is 3.37. The minimum atomic E-state index is 0.226. The third kappa shape index (κ3) is 3.84. The first-order valence-electron chi connectivity index (χ1n) is 6.87. The van der Waals surface area contributed by atoms with Gasteiger partial charge in [-0.15, -0.1) is 0 Å². The van der Waals surface area contributed by atoms with Crippen LogP contribution in [0.3, 0.4) is 0 Å². The first kappa shape index (κ1) is 13.1. The highest BCUT2D eigenvalue weighted by Gasteiger charge is 2.28. The van der Waals surface area contributed by atoms with E-state index in [9.17, 15) is 4.79 Å². The molecule has 0 saturated heterocycles. The van der Waals surface area contributed by atoms with Gasteiger partial charge in [0.1, 0.15) is 0 Å². The van der Waals surface area contributed by atoms with Crippen molar-refractivity contribution in [1.82, 2.24) is 10.6 Å². The SMILES string of the molecule is CCC(NCCNC(=O)C1CC1)c1ccccc1. The molecule has 1 amide bonds. The number of hydrogen-bond acceptors (Lipinski definition) is 2. The van der Waals surface area contributed by atoms with Gasteiger partial charge < -0.3 is 10.6 Å². The maximum absolute atomic E-state index is 11.5. The summed E-state index contributed by atoms with van der Waals surface area (Å²) >= 11 is 0. The summed E-state index contributed by atoms with van der Waals surface area (Å²) in [6.45, 7) is 3.72. The lowest BCUT2D eigenvalue weighted by Crippen LogP contribution is -2.34. The van der Waals surface area contributed by atoms with Crippen LogP contribution < -0.4 is 10.6 Å². The molecule has 2 rings (SSSR count). The van der Waals surface area contributed by atoms with Gasteiger partial charge in [-0.3, -0.25) is 4.79 Å². The van der Waals surface area contributed by atoms with Crippen LogP contribution in [0.5, 0.6) is 0 Å². The number of rotatable bonds is 7. The molecule has 3 nitrogen and oxygen atoms in total. The molecule has 98 valence electrons. The monoisotopic (exact) mass is 246 g/mol.